The molecule has 0 rings (SSSR count). The Bertz CT molecular complexity index is 1590. The van der Waals surface area contributed by atoms with Crippen LogP contribution >= 0.6 is 0 Å². The fraction of sp³-hybridized carbons (Fsp3) is 0.750. The highest BCUT2D eigenvalue weighted by Gasteiger charge is 2.19. The maximum absolute atomic E-state index is 12.9. The molecule has 472 valence electrons. The summed E-state index contributed by atoms with van der Waals surface area (Å²) in [4.78, 5) is 38.2. The Morgan fingerprint density at radius 3 is 0.744 bits per heavy atom. The van der Waals surface area contributed by atoms with Crippen molar-refractivity contribution in [1.29, 1.82) is 0 Å². The van der Waals surface area contributed by atoms with Crippen LogP contribution in [0.3, 0.4) is 0 Å². The molecule has 0 amide bonds. The zero-order chi connectivity index (χ0) is 59.2. The minimum Gasteiger partial charge on any atom is -0.462 e. The molecule has 0 spiro atoms. The van der Waals surface area contributed by atoms with Crippen LogP contribution in [0.15, 0.2) is 97.2 Å². The van der Waals surface area contributed by atoms with Crippen molar-refractivity contribution in [3.63, 3.8) is 0 Å². The average molecular weight is 1140 g/mol. The van der Waals surface area contributed by atoms with Gasteiger partial charge in [-0.25, -0.2) is 0 Å². The molecule has 0 aromatic carbocycles. The summed E-state index contributed by atoms with van der Waals surface area (Å²) < 4.78 is 16.9. The number of allylic oxidation sites excluding steroid dienone is 16. The molecule has 0 fully saturated rings. The molecule has 0 heterocycles. The third-order valence-corrected chi connectivity index (χ3v) is 15.4. The summed E-state index contributed by atoms with van der Waals surface area (Å²) in [6.07, 6.45) is 94.7. The number of ether oxygens (including phenoxy) is 3. The Hall–Kier alpha value is -3.67. The zero-order valence-electron chi connectivity index (χ0n) is 54.2. The predicted octanol–water partition coefficient (Wildman–Crippen LogP) is 24.4. The fourth-order valence-electron chi connectivity index (χ4n) is 10.1. The van der Waals surface area contributed by atoms with E-state index in [-0.39, 0.29) is 37.5 Å². The molecule has 6 nitrogen and oxygen atoms in total. The average Bonchev–Trinajstić information content (AvgIpc) is 3.48. The van der Waals surface area contributed by atoms with Crippen molar-refractivity contribution in [2.24, 2.45) is 0 Å². The first-order chi connectivity index (χ1) is 40.5. The summed E-state index contributed by atoms with van der Waals surface area (Å²) in [6.45, 7) is 6.50. The summed E-state index contributed by atoms with van der Waals surface area (Å²) in [5.41, 5.74) is 0. The Labute approximate surface area is 508 Å². The van der Waals surface area contributed by atoms with Crippen molar-refractivity contribution in [1.82, 2.24) is 0 Å². The van der Waals surface area contributed by atoms with E-state index in [9.17, 15) is 14.4 Å². The number of unbranched alkanes of at least 4 members (excludes halogenated alkanes) is 37. The van der Waals surface area contributed by atoms with Gasteiger partial charge in [0.2, 0.25) is 0 Å². The molecule has 0 radical (unpaired) electrons. The molecule has 82 heavy (non-hydrogen) atoms. The van der Waals surface area contributed by atoms with Gasteiger partial charge >= 0.3 is 17.9 Å². The number of carbonyl (C=O) groups excluding carboxylic acids is 3. The van der Waals surface area contributed by atoms with Crippen molar-refractivity contribution >= 4 is 17.9 Å². The molecule has 1 atom stereocenters. The van der Waals surface area contributed by atoms with Gasteiger partial charge in [0, 0.05) is 19.3 Å². The van der Waals surface area contributed by atoms with Crippen LogP contribution < -0.4 is 0 Å². The van der Waals surface area contributed by atoms with Crippen LogP contribution in [-0.4, -0.2) is 37.2 Å². The monoisotopic (exact) mass is 1140 g/mol. The smallest absolute Gasteiger partial charge is 0.306 e. The third kappa shape index (κ3) is 67.1. The van der Waals surface area contributed by atoms with Gasteiger partial charge in [0.25, 0.3) is 0 Å². The van der Waals surface area contributed by atoms with E-state index >= 15 is 0 Å². The van der Waals surface area contributed by atoms with Crippen molar-refractivity contribution in [3.05, 3.63) is 97.2 Å². The van der Waals surface area contributed by atoms with Crippen molar-refractivity contribution in [3.8, 4) is 0 Å². The summed E-state index contributed by atoms with van der Waals surface area (Å²) >= 11 is 0. The Balaban J connectivity index is 4.18. The molecule has 6 heteroatoms. The SMILES string of the molecule is CC/C=C\C/C=C\C/C=C\C/C=C\C/C=C\C/C=C\C/C=C\C/C=C\CCCCC(=O)OC(COC(=O)CCCCCCCCCC)COC(=O)CCCCCCCCCCCCCCCCCCCCCCCCCCCCCCC. The molecule has 0 aliphatic heterocycles. The predicted molar refractivity (Wildman–Crippen MR) is 357 cm³/mol. The number of hydrogen-bond donors (Lipinski definition) is 0. The van der Waals surface area contributed by atoms with Crippen molar-refractivity contribution in [2.75, 3.05) is 13.2 Å². The maximum Gasteiger partial charge on any atom is 0.306 e. The summed E-state index contributed by atoms with van der Waals surface area (Å²) in [7, 11) is 0. The van der Waals surface area contributed by atoms with Gasteiger partial charge in [-0.2, -0.15) is 0 Å². The highest BCUT2D eigenvalue weighted by atomic mass is 16.6. The largest absolute Gasteiger partial charge is 0.462 e. The lowest BCUT2D eigenvalue weighted by molar-refractivity contribution is -0.167. The van der Waals surface area contributed by atoms with Crippen molar-refractivity contribution in [2.45, 2.75) is 354 Å². The molecule has 0 aromatic heterocycles. The van der Waals surface area contributed by atoms with E-state index in [1.165, 1.54) is 199 Å². The van der Waals surface area contributed by atoms with Gasteiger partial charge in [-0.05, 0) is 83.5 Å². The van der Waals surface area contributed by atoms with Gasteiger partial charge < -0.3 is 14.2 Å². The summed E-state index contributed by atoms with van der Waals surface area (Å²) in [5.74, 6) is -0.927. The zero-order valence-corrected chi connectivity index (χ0v) is 54.2. The quantitative estimate of drug-likeness (QED) is 0.0261. The van der Waals surface area contributed by atoms with Gasteiger partial charge in [0.15, 0.2) is 6.10 Å². The second-order valence-corrected chi connectivity index (χ2v) is 23.4. The van der Waals surface area contributed by atoms with Crippen LogP contribution in [0.5, 0.6) is 0 Å². The molecule has 0 aliphatic carbocycles. The molecule has 1 unspecified atom stereocenters. The molecular weight excluding hydrogens is 1010 g/mol. The second-order valence-electron chi connectivity index (χ2n) is 23.4. The Morgan fingerprint density at radius 1 is 0.256 bits per heavy atom. The minimum atomic E-state index is -0.799. The van der Waals surface area contributed by atoms with Crippen LogP contribution in [0.25, 0.3) is 0 Å². The van der Waals surface area contributed by atoms with E-state index in [1.807, 2.05) is 0 Å². The second kappa shape index (κ2) is 69.8. The van der Waals surface area contributed by atoms with Crippen LogP contribution in [0.4, 0.5) is 0 Å². The number of hydrogen-bond acceptors (Lipinski definition) is 6. The lowest BCUT2D eigenvalue weighted by Crippen LogP contribution is -2.30. The lowest BCUT2D eigenvalue weighted by atomic mass is 10.0. The van der Waals surface area contributed by atoms with Gasteiger partial charge in [-0.15, -0.1) is 0 Å². The van der Waals surface area contributed by atoms with E-state index in [4.69, 9.17) is 14.2 Å². The summed E-state index contributed by atoms with van der Waals surface area (Å²) in [5, 5.41) is 0. The van der Waals surface area contributed by atoms with Crippen LogP contribution in [-0.2, 0) is 28.6 Å². The van der Waals surface area contributed by atoms with Crippen molar-refractivity contribution < 1.29 is 28.6 Å². The molecule has 0 saturated carbocycles. The first-order valence-corrected chi connectivity index (χ1v) is 35.2. The summed E-state index contributed by atoms with van der Waals surface area (Å²) in [6, 6.07) is 0. The van der Waals surface area contributed by atoms with Crippen LogP contribution in [0.1, 0.15) is 348 Å². The molecule has 0 saturated heterocycles. The van der Waals surface area contributed by atoms with Gasteiger partial charge in [-0.3, -0.25) is 14.4 Å². The molecular formula is C76H132O6. The minimum absolute atomic E-state index is 0.0917. The number of esters is 3. The van der Waals surface area contributed by atoms with E-state index < -0.39 is 6.10 Å². The molecule has 0 bridgehead atoms. The van der Waals surface area contributed by atoms with Gasteiger partial charge in [0.05, 0.1) is 0 Å². The Kier molecular flexibility index (Phi) is 66.7. The standard InChI is InChI=1S/C76H132O6/c1-4-7-10-13-16-19-21-23-25-27-29-31-33-35-37-38-40-41-43-45-47-49-51-53-55-57-60-63-66-69-75(78)81-72-73(71-80-74(77)68-65-62-59-18-15-12-9-6-3)82-76(79)70-67-64-61-58-56-54-52-50-48-46-44-42-39-36-34-32-30-28-26-24-22-20-17-14-11-8-5-2/h8,11,17,20,24,26,30,32,36,39,44,46,50,52,56,58,73H,4-7,9-10,12-16,18-19,21-23,25,27-29,31,33-35,37-38,40-43,45,47-49,51,53-55,57,59-72H2,1-3H3/b11-8-,20-17-,26-24-,32-30-,39-36-,46-44-,52-50-,58-56-. The van der Waals surface area contributed by atoms with Gasteiger partial charge in [0.1, 0.15) is 13.2 Å². The van der Waals surface area contributed by atoms with Crippen LogP contribution in [0.2, 0.25) is 0 Å². The molecule has 0 aliphatic rings. The van der Waals surface area contributed by atoms with E-state index in [0.29, 0.717) is 19.3 Å². The fourth-order valence-corrected chi connectivity index (χ4v) is 10.1. The molecule has 0 N–H and O–H groups in total. The first-order valence-electron chi connectivity index (χ1n) is 35.2. The van der Waals surface area contributed by atoms with E-state index in [0.717, 1.165) is 103 Å². The third-order valence-electron chi connectivity index (χ3n) is 15.4. The first kappa shape index (κ1) is 78.3. The Morgan fingerprint density at radius 2 is 0.476 bits per heavy atom. The lowest BCUT2D eigenvalue weighted by Gasteiger charge is -2.18. The highest BCUT2D eigenvalue weighted by Crippen LogP contribution is 2.18. The van der Waals surface area contributed by atoms with E-state index in [1.54, 1.807) is 0 Å². The normalized spacial score (nSPS) is 12.7. The van der Waals surface area contributed by atoms with E-state index in [2.05, 4.69) is 118 Å². The topological polar surface area (TPSA) is 78.9 Å². The van der Waals surface area contributed by atoms with Gasteiger partial charge in [-0.1, -0.05) is 343 Å². The maximum atomic E-state index is 12.9. The molecule has 0 aromatic rings. The number of carbonyl (C=O) groups is 3. The van der Waals surface area contributed by atoms with Crippen LogP contribution in [0, 0.1) is 0 Å². The highest BCUT2D eigenvalue weighted by molar-refractivity contribution is 5.71. The number of rotatable bonds is 64.